The molecule has 1 aromatic heterocycles. The summed E-state index contributed by atoms with van der Waals surface area (Å²) in [4.78, 5) is 26.5. The molecule has 0 bridgehead atoms. The fourth-order valence-corrected chi connectivity index (χ4v) is 1.15. The second-order valence-corrected chi connectivity index (χ2v) is 3.42. The normalized spacial score (nSPS) is 8.68. The van der Waals surface area contributed by atoms with E-state index in [1.165, 1.54) is 0 Å². The van der Waals surface area contributed by atoms with E-state index in [1.54, 1.807) is 31.6 Å². The molecule has 1 aromatic rings. The van der Waals surface area contributed by atoms with Crippen LogP contribution in [0.3, 0.4) is 0 Å². The number of nitrogens with one attached hydrogen (secondary N) is 3. The Morgan fingerprint density at radius 3 is 2.58 bits per heavy atom. The molecule has 1 heterocycles. The topological polar surface area (TPSA) is 83.1 Å². The Morgan fingerprint density at radius 2 is 2.00 bits per heavy atom. The third kappa shape index (κ3) is 9.24. The fourth-order valence-electron chi connectivity index (χ4n) is 1.15. The molecule has 0 saturated carbocycles. The molecule has 0 spiro atoms. The molecule has 6 nitrogen and oxygen atoms in total. The molecular formula is C11H18Cl2N4O2. The lowest BCUT2D eigenvalue weighted by molar-refractivity contribution is -0.124. The Kier molecular flexibility index (Phi) is 12.3. The van der Waals surface area contributed by atoms with Crippen LogP contribution in [0.1, 0.15) is 6.42 Å². The maximum Gasteiger partial charge on any atom is 0.243 e. The van der Waals surface area contributed by atoms with Crippen molar-refractivity contribution in [3.63, 3.8) is 0 Å². The maximum absolute atomic E-state index is 11.4. The van der Waals surface area contributed by atoms with Crippen LogP contribution >= 0.6 is 24.8 Å². The van der Waals surface area contributed by atoms with Gasteiger partial charge < -0.3 is 16.0 Å². The van der Waals surface area contributed by atoms with Gasteiger partial charge in [0.15, 0.2) is 0 Å². The SMILES string of the molecule is CNCCC(=O)NCC(=O)Nc1cccnc1.Cl.Cl. The van der Waals surface area contributed by atoms with Crippen molar-refractivity contribution in [2.45, 2.75) is 6.42 Å². The highest BCUT2D eigenvalue weighted by atomic mass is 35.5. The highest BCUT2D eigenvalue weighted by Gasteiger charge is 2.05. The summed E-state index contributed by atoms with van der Waals surface area (Å²) in [5, 5.41) is 8.00. The summed E-state index contributed by atoms with van der Waals surface area (Å²) >= 11 is 0. The van der Waals surface area contributed by atoms with Gasteiger partial charge >= 0.3 is 0 Å². The van der Waals surface area contributed by atoms with E-state index < -0.39 is 0 Å². The Balaban J connectivity index is 0. The highest BCUT2D eigenvalue weighted by Crippen LogP contribution is 2.01. The molecule has 0 aliphatic rings. The number of carbonyl (C=O) groups excluding carboxylic acids is 2. The summed E-state index contributed by atoms with van der Waals surface area (Å²) in [6, 6.07) is 3.45. The number of hydrogen-bond donors (Lipinski definition) is 3. The molecule has 0 aliphatic carbocycles. The zero-order chi connectivity index (χ0) is 12.5. The van der Waals surface area contributed by atoms with Gasteiger partial charge in [-0.05, 0) is 19.2 Å². The van der Waals surface area contributed by atoms with Gasteiger partial charge in [0.05, 0.1) is 18.4 Å². The van der Waals surface area contributed by atoms with E-state index in [9.17, 15) is 9.59 Å². The summed E-state index contributed by atoms with van der Waals surface area (Å²) in [6.07, 6.45) is 3.52. The lowest BCUT2D eigenvalue weighted by Gasteiger charge is -2.06. The first-order valence-electron chi connectivity index (χ1n) is 5.33. The van der Waals surface area contributed by atoms with Crippen molar-refractivity contribution in [3.8, 4) is 0 Å². The van der Waals surface area contributed by atoms with E-state index in [0.29, 0.717) is 18.7 Å². The number of aromatic nitrogens is 1. The second kappa shape index (κ2) is 11.7. The Labute approximate surface area is 124 Å². The van der Waals surface area contributed by atoms with E-state index in [-0.39, 0.29) is 43.2 Å². The predicted octanol–water partition coefficient (Wildman–Crippen LogP) is 0.589. The number of anilines is 1. The molecule has 8 heteroatoms. The first kappa shape index (κ1) is 20.0. The quantitative estimate of drug-likeness (QED) is 0.718. The summed E-state index contributed by atoms with van der Waals surface area (Å²) in [5.41, 5.74) is 0.613. The Morgan fingerprint density at radius 1 is 1.26 bits per heavy atom. The Bertz CT molecular complexity index is 376. The van der Waals surface area contributed by atoms with Crippen LogP contribution in [0.2, 0.25) is 0 Å². The molecule has 19 heavy (non-hydrogen) atoms. The van der Waals surface area contributed by atoms with E-state index in [1.807, 2.05) is 0 Å². The van der Waals surface area contributed by atoms with Gasteiger partial charge in [-0.3, -0.25) is 14.6 Å². The van der Waals surface area contributed by atoms with Crippen molar-refractivity contribution >= 4 is 42.3 Å². The smallest absolute Gasteiger partial charge is 0.243 e. The summed E-state index contributed by atoms with van der Waals surface area (Å²) < 4.78 is 0. The summed E-state index contributed by atoms with van der Waals surface area (Å²) in [7, 11) is 1.77. The number of carbonyl (C=O) groups is 2. The number of amides is 2. The number of hydrogen-bond acceptors (Lipinski definition) is 4. The van der Waals surface area contributed by atoms with Crippen molar-refractivity contribution in [1.82, 2.24) is 15.6 Å². The largest absolute Gasteiger partial charge is 0.347 e. The van der Waals surface area contributed by atoms with E-state index in [4.69, 9.17) is 0 Å². The molecule has 0 saturated heterocycles. The fraction of sp³-hybridized carbons (Fsp3) is 0.364. The number of halogens is 2. The van der Waals surface area contributed by atoms with Gasteiger partial charge in [0, 0.05) is 19.2 Å². The van der Waals surface area contributed by atoms with E-state index >= 15 is 0 Å². The van der Waals surface area contributed by atoms with Gasteiger partial charge in [-0.15, -0.1) is 24.8 Å². The molecule has 0 aliphatic heterocycles. The standard InChI is InChI=1S/C11H16N4O2.2ClH/c1-12-6-4-10(16)14-8-11(17)15-9-3-2-5-13-7-9;;/h2-3,5,7,12H,4,6,8H2,1H3,(H,14,16)(H,15,17);2*1H. The number of rotatable bonds is 6. The Hall–Kier alpha value is -1.37. The van der Waals surface area contributed by atoms with Crippen LogP contribution in [0, 0.1) is 0 Å². The number of pyridine rings is 1. The molecular weight excluding hydrogens is 291 g/mol. The number of nitrogens with zero attached hydrogens (tertiary/aromatic N) is 1. The minimum absolute atomic E-state index is 0. The van der Waals surface area contributed by atoms with Crippen molar-refractivity contribution in [2.75, 3.05) is 25.5 Å². The molecule has 0 fully saturated rings. The molecule has 1 rings (SSSR count). The lowest BCUT2D eigenvalue weighted by atomic mass is 10.4. The first-order chi connectivity index (χ1) is 8.22. The molecule has 0 radical (unpaired) electrons. The van der Waals surface area contributed by atoms with Crippen molar-refractivity contribution in [2.24, 2.45) is 0 Å². The second-order valence-electron chi connectivity index (χ2n) is 3.42. The average molecular weight is 309 g/mol. The molecule has 0 aromatic carbocycles. The van der Waals surface area contributed by atoms with Gasteiger partial charge in [-0.2, -0.15) is 0 Å². The minimum atomic E-state index is -0.268. The minimum Gasteiger partial charge on any atom is -0.347 e. The van der Waals surface area contributed by atoms with E-state index in [0.717, 1.165) is 0 Å². The molecule has 0 unspecified atom stereocenters. The van der Waals surface area contributed by atoms with Gasteiger partial charge in [0.25, 0.3) is 0 Å². The monoisotopic (exact) mass is 308 g/mol. The van der Waals surface area contributed by atoms with Gasteiger partial charge in [-0.25, -0.2) is 0 Å². The van der Waals surface area contributed by atoms with Crippen LogP contribution < -0.4 is 16.0 Å². The molecule has 3 N–H and O–H groups in total. The van der Waals surface area contributed by atoms with Gasteiger partial charge in [0.2, 0.25) is 11.8 Å². The zero-order valence-corrected chi connectivity index (χ0v) is 12.1. The summed E-state index contributed by atoms with van der Waals surface area (Å²) in [5.74, 6) is -0.420. The van der Waals surface area contributed by atoms with Crippen LogP contribution in [0.15, 0.2) is 24.5 Å². The molecule has 2 amide bonds. The maximum atomic E-state index is 11.4. The predicted molar refractivity (Wildman–Crippen MR) is 78.9 cm³/mol. The molecule has 108 valence electrons. The van der Waals surface area contributed by atoms with E-state index in [2.05, 4.69) is 20.9 Å². The zero-order valence-electron chi connectivity index (χ0n) is 10.5. The van der Waals surface area contributed by atoms with Crippen LogP contribution in [-0.2, 0) is 9.59 Å². The van der Waals surface area contributed by atoms with Crippen LogP contribution in [-0.4, -0.2) is 36.9 Å². The highest BCUT2D eigenvalue weighted by molar-refractivity contribution is 5.94. The van der Waals surface area contributed by atoms with Crippen LogP contribution in [0.4, 0.5) is 5.69 Å². The first-order valence-corrected chi connectivity index (χ1v) is 5.33. The van der Waals surface area contributed by atoms with Gasteiger partial charge in [0.1, 0.15) is 0 Å². The average Bonchev–Trinajstić information content (AvgIpc) is 2.35. The lowest BCUT2D eigenvalue weighted by Crippen LogP contribution is -2.34. The summed E-state index contributed by atoms with van der Waals surface area (Å²) in [6.45, 7) is 0.563. The van der Waals surface area contributed by atoms with Crippen molar-refractivity contribution < 1.29 is 9.59 Å². The van der Waals surface area contributed by atoms with Crippen molar-refractivity contribution in [1.29, 1.82) is 0 Å². The van der Waals surface area contributed by atoms with Crippen molar-refractivity contribution in [3.05, 3.63) is 24.5 Å². The van der Waals surface area contributed by atoms with Crippen LogP contribution in [0.25, 0.3) is 0 Å². The third-order valence-electron chi connectivity index (χ3n) is 1.99. The van der Waals surface area contributed by atoms with Gasteiger partial charge in [-0.1, -0.05) is 0 Å². The van der Waals surface area contributed by atoms with Crippen LogP contribution in [0.5, 0.6) is 0 Å². The third-order valence-corrected chi connectivity index (χ3v) is 1.99. The molecule has 0 atom stereocenters.